The van der Waals surface area contributed by atoms with Crippen LogP contribution in [0.2, 0.25) is 0 Å². The number of hydrogen-bond acceptors (Lipinski definition) is 4. The predicted molar refractivity (Wildman–Crippen MR) is 109 cm³/mol. The molecule has 0 saturated carbocycles. The molecule has 1 heterocycles. The standard InChI is InChI=1S/C21H27N5O3/c1-13(2)19(20(27)28)24-21(29)25(12-17-8-6-7-16(9-17)10-22)18-11-23-26(14(3)4)15(18)5/h6-9,11,13-14,19H,12H2,1-5H3,(H,24,29)(H,27,28). The molecule has 0 fully saturated rings. The summed E-state index contributed by atoms with van der Waals surface area (Å²) < 4.78 is 1.80. The number of urea groups is 1. The van der Waals surface area contributed by atoms with Gasteiger partial charge in [0, 0.05) is 6.04 Å². The highest BCUT2D eigenvalue weighted by Gasteiger charge is 2.28. The van der Waals surface area contributed by atoms with E-state index in [2.05, 4.69) is 16.5 Å². The van der Waals surface area contributed by atoms with Gasteiger partial charge < -0.3 is 10.4 Å². The average Bonchev–Trinajstić information content (AvgIpc) is 3.05. The number of rotatable bonds is 7. The van der Waals surface area contributed by atoms with Gasteiger partial charge in [0.1, 0.15) is 6.04 Å². The van der Waals surface area contributed by atoms with Crippen LogP contribution in [-0.4, -0.2) is 32.9 Å². The van der Waals surface area contributed by atoms with Crippen molar-refractivity contribution in [3.05, 3.63) is 47.3 Å². The Morgan fingerprint density at radius 2 is 2.00 bits per heavy atom. The van der Waals surface area contributed by atoms with E-state index >= 15 is 0 Å². The van der Waals surface area contributed by atoms with Gasteiger partial charge in [-0.15, -0.1) is 0 Å². The fraction of sp³-hybridized carbons (Fsp3) is 0.429. The summed E-state index contributed by atoms with van der Waals surface area (Å²) in [5, 5.41) is 25.6. The van der Waals surface area contributed by atoms with Crippen LogP contribution in [0.15, 0.2) is 30.5 Å². The van der Waals surface area contributed by atoms with Crippen molar-refractivity contribution in [1.29, 1.82) is 5.26 Å². The number of carbonyl (C=O) groups excluding carboxylic acids is 1. The molecule has 8 nitrogen and oxygen atoms in total. The third-order valence-electron chi connectivity index (χ3n) is 4.65. The number of nitriles is 1. The Bertz CT molecular complexity index is 927. The van der Waals surface area contributed by atoms with Gasteiger partial charge in [0.15, 0.2) is 0 Å². The Balaban J connectivity index is 2.43. The number of carboxylic acids is 1. The molecule has 0 spiro atoms. The quantitative estimate of drug-likeness (QED) is 0.743. The first-order chi connectivity index (χ1) is 13.6. The zero-order chi connectivity index (χ0) is 21.7. The first kappa shape index (κ1) is 22.0. The summed E-state index contributed by atoms with van der Waals surface area (Å²) in [7, 11) is 0. The number of anilines is 1. The smallest absolute Gasteiger partial charge is 0.326 e. The van der Waals surface area contributed by atoms with Crippen LogP contribution in [0.3, 0.4) is 0 Å². The van der Waals surface area contributed by atoms with Crippen molar-refractivity contribution in [2.24, 2.45) is 5.92 Å². The lowest BCUT2D eigenvalue weighted by Gasteiger charge is -2.26. The van der Waals surface area contributed by atoms with Crippen LogP contribution in [0, 0.1) is 24.2 Å². The van der Waals surface area contributed by atoms with Crippen molar-refractivity contribution in [2.45, 2.75) is 53.2 Å². The molecule has 8 heteroatoms. The molecule has 1 aromatic carbocycles. The number of aromatic nitrogens is 2. The molecule has 0 aliphatic rings. The molecule has 0 saturated heterocycles. The molecule has 2 amide bonds. The second kappa shape index (κ2) is 9.24. The number of aliphatic carboxylic acids is 1. The van der Waals surface area contributed by atoms with E-state index < -0.39 is 18.0 Å². The largest absolute Gasteiger partial charge is 0.480 e. The number of nitrogens with one attached hydrogen (secondary N) is 1. The molecule has 154 valence electrons. The SMILES string of the molecule is Cc1c(N(Cc2cccc(C#N)c2)C(=O)NC(C(=O)O)C(C)C)cnn1C(C)C. The maximum atomic E-state index is 13.1. The Hall–Kier alpha value is -3.34. The third-order valence-corrected chi connectivity index (χ3v) is 4.65. The average molecular weight is 397 g/mol. The van der Waals surface area contributed by atoms with E-state index in [1.807, 2.05) is 26.8 Å². The third kappa shape index (κ3) is 5.13. The van der Waals surface area contributed by atoms with Crippen molar-refractivity contribution in [1.82, 2.24) is 15.1 Å². The normalized spacial score (nSPS) is 11.9. The summed E-state index contributed by atoms with van der Waals surface area (Å²) in [6.07, 6.45) is 1.61. The Labute approximate surface area is 170 Å². The zero-order valence-electron chi connectivity index (χ0n) is 17.4. The molecule has 2 N–H and O–H groups in total. The molecular formula is C21H27N5O3. The summed E-state index contributed by atoms with van der Waals surface area (Å²) in [5.74, 6) is -1.37. The fourth-order valence-corrected chi connectivity index (χ4v) is 3.11. The van der Waals surface area contributed by atoms with Crippen LogP contribution in [0.25, 0.3) is 0 Å². The van der Waals surface area contributed by atoms with Gasteiger partial charge in [-0.3, -0.25) is 9.58 Å². The molecule has 1 atom stereocenters. The van der Waals surface area contributed by atoms with Gasteiger partial charge in [0.05, 0.1) is 35.8 Å². The van der Waals surface area contributed by atoms with Crippen LogP contribution >= 0.6 is 0 Å². The van der Waals surface area contributed by atoms with E-state index in [0.29, 0.717) is 11.3 Å². The van der Waals surface area contributed by atoms with Gasteiger partial charge in [-0.05, 0) is 44.4 Å². The maximum Gasteiger partial charge on any atom is 0.326 e. The number of amides is 2. The van der Waals surface area contributed by atoms with E-state index in [1.54, 1.807) is 42.9 Å². The van der Waals surface area contributed by atoms with Crippen molar-refractivity contribution in [2.75, 3.05) is 4.90 Å². The molecule has 1 unspecified atom stereocenters. The van der Waals surface area contributed by atoms with Crippen molar-refractivity contribution in [3.8, 4) is 6.07 Å². The lowest BCUT2D eigenvalue weighted by molar-refractivity contribution is -0.140. The van der Waals surface area contributed by atoms with Gasteiger partial charge in [-0.2, -0.15) is 10.4 Å². The summed E-state index contributed by atoms with van der Waals surface area (Å²) in [4.78, 5) is 26.1. The van der Waals surface area contributed by atoms with E-state index in [0.717, 1.165) is 11.3 Å². The highest BCUT2D eigenvalue weighted by Crippen LogP contribution is 2.25. The number of nitrogens with zero attached hydrogens (tertiary/aromatic N) is 4. The number of carboxylic acid groups (broad SMARTS) is 1. The van der Waals surface area contributed by atoms with Crippen LogP contribution < -0.4 is 10.2 Å². The summed E-state index contributed by atoms with van der Waals surface area (Å²) in [6, 6.07) is 7.62. The number of hydrogen-bond donors (Lipinski definition) is 2. The van der Waals surface area contributed by atoms with Crippen LogP contribution in [0.4, 0.5) is 10.5 Å². The van der Waals surface area contributed by atoms with Gasteiger partial charge in [-0.1, -0.05) is 26.0 Å². The zero-order valence-corrected chi connectivity index (χ0v) is 17.4. The van der Waals surface area contributed by atoms with E-state index in [9.17, 15) is 14.7 Å². The minimum atomic E-state index is -1.09. The molecule has 0 radical (unpaired) electrons. The van der Waals surface area contributed by atoms with Crippen LogP contribution in [0.5, 0.6) is 0 Å². The predicted octanol–water partition coefficient (Wildman–Crippen LogP) is 3.47. The minimum absolute atomic E-state index is 0.109. The van der Waals surface area contributed by atoms with E-state index in [1.165, 1.54) is 4.90 Å². The highest BCUT2D eigenvalue weighted by molar-refractivity contribution is 5.94. The van der Waals surface area contributed by atoms with Gasteiger partial charge in [0.25, 0.3) is 0 Å². The molecular weight excluding hydrogens is 370 g/mol. The van der Waals surface area contributed by atoms with Crippen molar-refractivity contribution in [3.63, 3.8) is 0 Å². The minimum Gasteiger partial charge on any atom is -0.480 e. The number of benzene rings is 1. The molecule has 2 rings (SSSR count). The van der Waals surface area contributed by atoms with Crippen LogP contribution in [0.1, 0.15) is 50.6 Å². The Kier molecular flexibility index (Phi) is 6.99. The van der Waals surface area contributed by atoms with Crippen LogP contribution in [-0.2, 0) is 11.3 Å². The Morgan fingerprint density at radius 1 is 1.31 bits per heavy atom. The molecule has 0 aliphatic carbocycles. The first-order valence-corrected chi connectivity index (χ1v) is 9.49. The molecule has 1 aromatic heterocycles. The lowest BCUT2D eigenvalue weighted by Crippen LogP contribution is -2.50. The lowest BCUT2D eigenvalue weighted by atomic mass is 10.1. The van der Waals surface area contributed by atoms with Crippen molar-refractivity contribution >= 4 is 17.7 Å². The van der Waals surface area contributed by atoms with E-state index in [-0.39, 0.29) is 18.5 Å². The molecule has 0 bridgehead atoms. The molecule has 0 aliphatic heterocycles. The van der Waals surface area contributed by atoms with Gasteiger partial charge in [0.2, 0.25) is 0 Å². The fourth-order valence-electron chi connectivity index (χ4n) is 3.11. The van der Waals surface area contributed by atoms with E-state index in [4.69, 9.17) is 5.26 Å². The second-order valence-electron chi connectivity index (χ2n) is 7.56. The topological polar surface area (TPSA) is 111 Å². The molecule has 29 heavy (non-hydrogen) atoms. The first-order valence-electron chi connectivity index (χ1n) is 9.49. The second-order valence-corrected chi connectivity index (χ2v) is 7.56. The molecule has 2 aromatic rings. The van der Waals surface area contributed by atoms with Gasteiger partial charge >= 0.3 is 12.0 Å². The summed E-state index contributed by atoms with van der Waals surface area (Å²) in [5.41, 5.74) is 2.63. The number of carbonyl (C=O) groups is 2. The highest BCUT2D eigenvalue weighted by atomic mass is 16.4. The van der Waals surface area contributed by atoms with Gasteiger partial charge in [-0.25, -0.2) is 9.59 Å². The monoisotopic (exact) mass is 397 g/mol. The van der Waals surface area contributed by atoms with Crippen molar-refractivity contribution < 1.29 is 14.7 Å². The summed E-state index contributed by atoms with van der Waals surface area (Å²) >= 11 is 0. The Morgan fingerprint density at radius 3 is 2.52 bits per heavy atom. The maximum absolute atomic E-state index is 13.1. The summed E-state index contributed by atoms with van der Waals surface area (Å²) in [6.45, 7) is 9.50.